The maximum absolute atomic E-state index is 4.74. The smallest absolute Gasteiger partial charge is 0.191 e. The van der Waals surface area contributed by atoms with Gasteiger partial charge >= 0.3 is 0 Å². The minimum absolute atomic E-state index is 0.307. The van der Waals surface area contributed by atoms with Crippen molar-refractivity contribution in [1.82, 2.24) is 25.3 Å². The molecule has 0 aromatic carbocycles. The number of nitrogens with one attached hydrogen (secondary N) is 2. The molecule has 0 fully saturated rings. The fraction of sp³-hybridized carbons (Fsp3) is 0.800. The SMILES string of the molecule is CCNC(=NCCCCN(C)C(C)C)NC(C)Cc1c(C)nn(C)c1C. The summed E-state index contributed by atoms with van der Waals surface area (Å²) in [5.74, 6) is 0.913. The van der Waals surface area contributed by atoms with Gasteiger partial charge < -0.3 is 15.5 Å². The van der Waals surface area contributed by atoms with Gasteiger partial charge in [0.15, 0.2) is 5.96 Å². The lowest BCUT2D eigenvalue weighted by molar-refractivity contribution is 0.269. The van der Waals surface area contributed by atoms with Gasteiger partial charge in [-0.3, -0.25) is 9.67 Å². The van der Waals surface area contributed by atoms with Gasteiger partial charge in [-0.1, -0.05) is 0 Å². The molecule has 0 saturated carbocycles. The molecule has 1 heterocycles. The van der Waals surface area contributed by atoms with Crippen molar-refractivity contribution in [2.45, 2.75) is 72.9 Å². The van der Waals surface area contributed by atoms with E-state index in [-0.39, 0.29) is 0 Å². The molecule has 0 spiro atoms. The van der Waals surface area contributed by atoms with E-state index < -0.39 is 0 Å². The van der Waals surface area contributed by atoms with Crippen LogP contribution in [0.4, 0.5) is 0 Å². The van der Waals surface area contributed by atoms with Crippen molar-refractivity contribution in [3.63, 3.8) is 0 Å². The molecule has 0 aliphatic carbocycles. The molecule has 0 saturated heterocycles. The zero-order valence-electron chi connectivity index (χ0n) is 18.2. The van der Waals surface area contributed by atoms with Crippen molar-refractivity contribution in [2.75, 3.05) is 26.7 Å². The Labute approximate surface area is 160 Å². The van der Waals surface area contributed by atoms with Crippen LogP contribution in [0.1, 0.15) is 57.5 Å². The van der Waals surface area contributed by atoms with Gasteiger partial charge in [0.1, 0.15) is 0 Å². The van der Waals surface area contributed by atoms with Crippen LogP contribution < -0.4 is 10.6 Å². The van der Waals surface area contributed by atoms with Crippen molar-refractivity contribution < 1.29 is 0 Å². The first-order valence-corrected chi connectivity index (χ1v) is 10.00. The summed E-state index contributed by atoms with van der Waals surface area (Å²) in [6.45, 7) is 15.9. The van der Waals surface area contributed by atoms with Crippen molar-refractivity contribution in [1.29, 1.82) is 0 Å². The molecule has 6 nitrogen and oxygen atoms in total. The van der Waals surface area contributed by atoms with Gasteiger partial charge in [-0.15, -0.1) is 0 Å². The zero-order valence-corrected chi connectivity index (χ0v) is 18.2. The zero-order chi connectivity index (χ0) is 19.7. The summed E-state index contributed by atoms with van der Waals surface area (Å²) in [6, 6.07) is 0.916. The molecule has 0 aliphatic rings. The maximum atomic E-state index is 4.74. The summed E-state index contributed by atoms with van der Waals surface area (Å²) in [7, 11) is 4.19. The molecule has 0 amide bonds. The molecular formula is C20H40N6. The Morgan fingerprint density at radius 2 is 1.92 bits per heavy atom. The van der Waals surface area contributed by atoms with Crippen LogP contribution in [0, 0.1) is 13.8 Å². The molecule has 2 N–H and O–H groups in total. The number of hydrogen-bond acceptors (Lipinski definition) is 3. The Balaban J connectivity index is 2.50. The number of hydrogen-bond donors (Lipinski definition) is 2. The minimum Gasteiger partial charge on any atom is -0.357 e. The molecule has 1 unspecified atom stereocenters. The third-order valence-corrected chi connectivity index (χ3v) is 4.97. The summed E-state index contributed by atoms with van der Waals surface area (Å²) in [6.07, 6.45) is 3.25. The van der Waals surface area contributed by atoms with Crippen LogP contribution in [0.15, 0.2) is 4.99 Å². The normalized spacial score (nSPS) is 13.5. The minimum atomic E-state index is 0.307. The van der Waals surface area contributed by atoms with Crippen molar-refractivity contribution in [2.24, 2.45) is 12.0 Å². The Morgan fingerprint density at radius 3 is 2.46 bits per heavy atom. The van der Waals surface area contributed by atoms with E-state index in [2.05, 4.69) is 69.2 Å². The lowest BCUT2D eigenvalue weighted by Crippen LogP contribution is -2.43. The average molecular weight is 365 g/mol. The van der Waals surface area contributed by atoms with Crippen molar-refractivity contribution >= 4 is 5.96 Å². The standard InChI is InChI=1S/C20H40N6/c1-9-21-20(22-12-10-11-13-25(7)15(2)3)23-16(4)14-19-17(5)24-26(8)18(19)6/h15-16H,9-14H2,1-8H3,(H2,21,22,23). The van der Waals surface area contributed by atoms with Gasteiger partial charge in [0.05, 0.1) is 5.69 Å². The monoisotopic (exact) mass is 364 g/mol. The van der Waals surface area contributed by atoms with Crippen LogP contribution >= 0.6 is 0 Å². The van der Waals surface area contributed by atoms with Crippen LogP contribution in [0.5, 0.6) is 0 Å². The number of nitrogens with zero attached hydrogens (tertiary/aromatic N) is 4. The molecule has 150 valence electrons. The number of guanidine groups is 1. The van der Waals surface area contributed by atoms with Gasteiger partial charge in [-0.2, -0.15) is 5.10 Å². The van der Waals surface area contributed by atoms with E-state index in [0.29, 0.717) is 12.1 Å². The highest BCUT2D eigenvalue weighted by Gasteiger charge is 2.14. The molecule has 0 radical (unpaired) electrons. The summed E-state index contributed by atoms with van der Waals surface area (Å²) < 4.78 is 1.96. The lowest BCUT2D eigenvalue weighted by Gasteiger charge is -2.20. The molecule has 1 aromatic heterocycles. The van der Waals surface area contributed by atoms with Crippen molar-refractivity contribution in [3.8, 4) is 0 Å². The summed E-state index contributed by atoms with van der Waals surface area (Å²) >= 11 is 0. The molecule has 26 heavy (non-hydrogen) atoms. The quantitative estimate of drug-likeness (QED) is 0.381. The second-order valence-electron chi connectivity index (χ2n) is 7.56. The fourth-order valence-electron chi connectivity index (χ4n) is 2.95. The Hall–Kier alpha value is -1.56. The topological polar surface area (TPSA) is 57.5 Å². The second kappa shape index (κ2) is 11.2. The number of aromatic nitrogens is 2. The maximum Gasteiger partial charge on any atom is 0.191 e. The summed E-state index contributed by atoms with van der Waals surface area (Å²) in [5.41, 5.74) is 3.70. The second-order valence-corrected chi connectivity index (χ2v) is 7.56. The van der Waals surface area contributed by atoms with Crippen LogP contribution in [-0.4, -0.2) is 59.4 Å². The first-order valence-electron chi connectivity index (χ1n) is 10.00. The molecule has 6 heteroatoms. The molecule has 1 atom stereocenters. The number of unbranched alkanes of at least 4 members (excludes halogenated alkanes) is 1. The van der Waals surface area contributed by atoms with Gasteiger partial charge in [-0.05, 0) is 80.0 Å². The van der Waals surface area contributed by atoms with E-state index in [1.807, 2.05) is 11.7 Å². The van der Waals surface area contributed by atoms with E-state index >= 15 is 0 Å². The van der Waals surface area contributed by atoms with Gasteiger partial charge in [-0.25, -0.2) is 0 Å². The van der Waals surface area contributed by atoms with Crippen molar-refractivity contribution in [3.05, 3.63) is 17.0 Å². The highest BCUT2D eigenvalue weighted by Crippen LogP contribution is 2.14. The van der Waals surface area contributed by atoms with Gasteiger partial charge in [0, 0.05) is 37.9 Å². The van der Waals surface area contributed by atoms with E-state index in [1.165, 1.54) is 17.7 Å². The first-order chi connectivity index (χ1) is 12.3. The van der Waals surface area contributed by atoms with E-state index in [0.717, 1.165) is 44.1 Å². The lowest BCUT2D eigenvalue weighted by atomic mass is 10.1. The predicted octanol–water partition coefficient (Wildman–Crippen LogP) is 2.64. The highest BCUT2D eigenvalue weighted by atomic mass is 15.3. The third-order valence-electron chi connectivity index (χ3n) is 4.97. The predicted molar refractivity (Wildman–Crippen MR) is 112 cm³/mol. The molecule has 0 bridgehead atoms. The molecule has 0 aliphatic heterocycles. The van der Waals surface area contributed by atoms with Gasteiger partial charge in [0.2, 0.25) is 0 Å². The third kappa shape index (κ3) is 7.36. The summed E-state index contributed by atoms with van der Waals surface area (Å²) in [4.78, 5) is 7.12. The van der Waals surface area contributed by atoms with E-state index in [1.54, 1.807) is 0 Å². The fourth-order valence-corrected chi connectivity index (χ4v) is 2.95. The van der Waals surface area contributed by atoms with Crippen LogP contribution in [-0.2, 0) is 13.5 Å². The Bertz CT molecular complexity index is 561. The number of rotatable bonds is 10. The first kappa shape index (κ1) is 22.5. The van der Waals surface area contributed by atoms with Crippen LogP contribution in [0.3, 0.4) is 0 Å². The van der Waals surface area contributed by atoms with E-state index in [9.17, 15) is 0 Å². The Kier molecular flexibility index (Phi) is 9.70. The molecular weight excluding hydrogens is 324 g/mol. The molecule has 1 rings (SSSR count). The number of aryl methyl sites for hydroxylation is 2. The van der Waals surface area contributed by atoms with Crippen LogP contribution in [0.2, 0.25) is 0 Å². The number of aliphatic imine (C=N–C) groups is 1. The summed E-state index contributed by atoms with van der Waals surface area (Å²) in [5, 5.41) is 11.4. The van der Waals surface area contributed by atoms with E-state index in [4.69, 9.17) is 4.99 Å². The highest BCUT2D eigenvalue weighted by molar-refractivity contribution is 5.80. The molecule has 1 aromatic rings. The Morgan fingerprint density at radius 1 is 1.23 bits per heavy atom. The largest absolute Gasteiger partial charge is 0.357 e. The average Bonchev–Trinajstić information content (AvgIpc) is 2.80. The van der Waals surface area contributed by atoms with Crippen LogP contribution in [0.25, 0.3) is 0 Å². The van der Waals surface area contributed by atoms with Gasteiger partial charge in [0.25, 0.3) is 0 Å².